The number of anilines is 2. The van der Waals surface area contributed by atoms with Gasteiger partial charge in [0.25, 0.3) is 0 Å². The Kier molecular flexibility index (Phi) is 6.52. The summed E-state index contributed by atoms with van der Waals surface area (Å²) in [7, 11) is 0. The number of ether oxygens (including phenoxy) is 1. The largest absolute Gasteiger partial charge is 0.462 e. The summed E-state index contributed by atoms with van der Waals surface area (Å²) in [5.74, 6) is 0.780. The number of pyridine rings is 1. The summed E-state index contributed by atoms with van der Waals surface area (Å²) in [4.78, 5) is 30.3. The van der Waals surface area contributed by atoms with Crippen molar-refractivity contribution in [3.63, 3.8) is 0 Å². The number of aromatic nitrogens is 5. The van der Waals surface area contributed by atoms with Gasteiger partial charge in [0.15, 0.2) is 0 Å². The fraction of sp³-hybridized carbons (Fsp3) is 0.100. The van der Waals surface area contributed by atoms with Gasteiger partial charge in [0.1, 0.15) is 18.2 Å². The summed E-state index contributed by atoms with van der Waals surface area (Å²) in [6.45, 7) is 0.511. The molecule has 0 saturated heterocycles. The van der Waals surface area contributed by atoms with Crippen molar-refractivity contribution >= 4 is 40.5 Å². The second-order valence-electron chi connectivity index (χ2n) is 6.61. The molecule has 4 rings (SSSR count). The molecule has 0 amide bonds. The van der Waals surface area contributed by atoms with Gasteiger partial charge < -0.3 is 20.8 Å². The van der Waals surface area contributed by atoms with E-state index < -0.39 is 4.92 Å². The normalized spacial score (nSPS) is 10.7. The van der Waals surface area contributed by atoms with Crippen LogP contribution in [0, 0.1) is 10.1 Å². The van der Waals surface area contributed by atoms with E-state index in [9.17, 15) is 10.1 Å². The number of hydrogen-bond acceptors (Lipinski definition) is 9. The van der Waals surface area contributed by atoms with Crippen LogP contribution in [0.5, 0.6) is 6.01 Å². The van der Waals surface area contributed by atoms with Gasteiger partial charge >= 0.3 is 11.7 Å². The number of H-pyrrole nitrogens is 1. The minimum absolute atomic E-state index is 0.129. The zero-order chi connectivity index (χ0) is 23.4. The van der Waals surface area contributed by atoms with E-state index in [0.717, 1.165) is 0 Å². The SMILES string of the molecule is Nc1nc(NCCOc2ncc(-c3ncc[nH]3)c(-c3ccc(Cl)cc3Cl)n2)ccc1[N+](=O)[O-]. The van der Waals surface area contributed by atoms with Crippen molar-refractivity contribution in [3.05, 3.63) is 69.1 Å². The van der Waals surface area contributed by atoms with Crippen molar-refractivity contribution in [2.45, 2.75) is 0 Å². The molecule has 0 aliphatic rings. The molecule has 4 aromatic rings. The summed E-state index contributed by atoms with van der Waals surface area (Å²) < 4.78 is 5.67. The van der Waals surface area contributed by atoms with Crippen molar-refractivity contribution in [1.82, 2.24) is 24.9 Å². The number of nitrogens with two attached hydrogens (primary N) is 1. The van der Waals surface area contributed by atoms with Crippen LogP contribution in [0.25, 0.3) is 22.6 Å². The highest BCUT2D eigenvalue weighted by molar-refractivity contribution is 6.36. The van der Waals surface area contributed by atoms with Crippen molar-refractivity contribution in [3.8, 4) is 28.7 Å². The van der Waals surface area contributed by atoms with Crippen molar-refractivity contribution in [2.24, 2.45) is 0 Å². The Balaban J connectivity index is 1.49. The lowest BCUT2D eigenvalue weighted by Crippen LogP contribution is -2.14. The van der Waals surface area contributed by atoms with Crippen LogP contribution in [0.2, 0.25) is 10.0 Å². The highest BCUT2D eigenvalue weighted by Crippen LogP contribution is 2.35. The molecule has 3 heterocycles. The van der Waals surface area contributed by atoms with E-state index in [1.54, 1.807) is 36.8 Å². The molecule has 168 valence electrons. The maximum absolute atomic E-state index is 10.8. The van der Waals surface area contributed by atoms with Gasteiger partial charge in [-0.2, -0.15) is 4.98 Å². The first kappa shape index (κ1) is 22.2. The summed E-state index contributed by atoms with van der Waals surface area (Å²) >= 11 is 12.4. The lowest BCUT2D eigenvalue weighted by atomic mass is 10.1. The number of halogens is 2. The summed E-state index contributed by atoms with van der Waals surface area (Å²) in [5.41, 5.74) is 7.14. The van der Waals surface area contributed by atoms with Crippen LogP contribution in [-0.4, -0.2) is 43.0 Å². The fourth-order valence-electron chi connectivity index (χ4n) is 2.95. The molecule has 0 fully saturated rings. The topological polar surface area (TPSA) is 158 Å². The maximum Gasteiger partial charge on any atom is 0.317 e. The fourth-order valence-corrected chi connectivity index (χ4v) is 3.45. The predicted octanol–water partition coefficient (Wildman–Crippen LogP) is 4.22. The van der Waals surface area contributed by atoms with Crippen LogP contribution < -0.4 is 15.8 Å². The van der Waals surface area contributed by atoms with E-state index in [4.69, 9.17) is 33.7 Å². The number of hydrogen-bond donors (Lipinski definition) is 3. The number of aromatic amines is 1. The van der Waals surface area contributed by atoms with Crippen LogP contribution in [0.1, 0.15) is 0 Å². The lowest BCUT2D eigenvalue weighted by Gasteiger charge is -2.12. The van der Waals surface area contributed by atoms with E-state index in [1.165, 1.54) is 12.1 Å². The zero-order valence-electron chi connectivity index (χ0n) is 16.8. The third-order valence-corrected chi connectivity index (χ3v) is 4.99. The average molecular weight is 487 g/mol. The molecule has 11 nitrogen and oxygen atoms in total. The highest BCUT2D eigenvalue weighted by Gasteiger charge is 2.17. The van der Waals surface area contributed by atoms with Crippen molar-refractivity contribution in [1.29, 1.82) is 0 Å². The summed E-state index contributed by atoms with van der Waals surface area (Å²) in [6.07, 6.45) is 4.91. The third-order valence-electron chi connectivity index (χ3n) is 4.44. The van der Waals surface area contributed by atoms with Gasteiger partial charge in [-0.15, -0.1) is 0 Å². The first-order chi connectivity index (χ1) is 15.9. The van der Waals surface area contributed by atoms with Crippen molar-refractivity contribution in [2.75, 3.05) is 24.2 Å². The van der Waals surface area contributed by atoms with Crippen LogP contribution in [0.15, 0.2) is 48.9 Å². The summed E-state index contributed by atoms with van der Waals surface area (Å²) in [6, 6.07) is 7.97. The quantitative estimate of drug-likeness (QED) is 0.188. The van der Waals surface area contributed by atoms with Crippen molar-refractivity contribution < 1.29 is 9.66 Å². The number of nitrogens with zero attached hydrogens (tertiary/aromatic N) is 5. The Morgan fingerprint density at radius 2 is 2.00 bits per heavy atom. The number of nitrogen functional groups attached to an aromatic ring is 1. The molecule has 0 aliphatic carbocycles. The van der Waals surface area contributed by atoms with E-state index in [2.05, 4.69) is 30.2 Å². The maximum atomic E-state index is 10.8. The molecular weight excluding hydrogens is 471 g/mol. The monoisotopic (exact) mass is 486 g/mol. The Hall–Kier alpha value is -3.96. The second kappa shape index (κ2) is 9.67. The second-order valence-corrected chi connectivity index (χ2v) is 7.45. The minimum atomic E-state index is -0.594. The van der Waals surface area contributed by atoms with Gasteiger partial charge in [-0.1, -0.05) is 23.2 Å². The average Bonchev–Trinajstić information content (AvgIpc) is 3.31. The standard InChI is InChI=1S/C20H16Cl2N8O3/c21-11-1-2-12(14(22)9-11)17-13(19-25-5-6-26-19)10-27-20(29-17)33-8-7-24-16-4-3-15(30(31)32)18(23)28-16/h1-6,9-10H,7-8H2,(H,25,26)(H3,23,24,28). The van der Waals surface area contributed by atoms with Gasteiger partial charge in [-0.25, -0.2) is 15.0 Å². The number of rotatable bonds is 8. The van der Waals surface area contributed by atoms with Crippen LogP contribution in [-0.2, 0) is 0 Å². The Morgan fingerprint density at radius 3 is 2.70 bits per heavy atom. The van der Waals surface area contributed by atoms with Gasteiger partial charge in [0.05, 0.1) is 27.7 Å². The predicted molar refractivity (Wildman–Crippen MR) is 124 cm³/mol. The van der Waals surface area contributed by atoms with E-state index in [0.29, 0.717) is 45.1 Å². The van der Waals surface area contributed by atoms with E-state index in [-0.39, 0.29) is 24.1 Å². The molecule has 3 aromatic heterocycles. The van der Waals surface area contributed by atoms with Gasteiger partial charge in [-0.3, -0.25) is 10.1 Å². The molecule has 0 aliphatic heterocycles. The molecule has 4 N–H and O–H groups in total. The Bertz CT molecular complexity index is 1300. The third kappa shape index (κ3) is 5.10. The molecule has 0 saturated carbocycles. The Morgan fingerprint density at radius 1 is 1.15 bits per heavy atom. The molecule has 0 spiro atoms. The molecule has 0 radical (unpaired) electrons. The van der Waals surface area contributed by atoms with Gasteiger partial charge in [0, 0.05) is 35.2 Å². The summed E-state index contributed by atoms with van der Waals surface area (Å²) in [5, 5.41) is 14.7. The Labute approximate surface area is 197 Å². The lowest BCUT2D eigenvalue weighted by molar-refractivity contribution is -0.384. The van der Waals surface area contributed by atoms with E-state index >= 15 is 0 Å². The smallest absolute Gasteiger partial charge is 0.317 e. The van der Waals surface area contributed by atoms with Gasteiger partial charge in [0.2, 0.25) is 5.82 Å². The number of nitrogens with one attached hydrogen (secondary N) is 2. The molecule has 13 heteroatoms. The van der Waals surface area contributed by atoms with E-state index in [1.807, 2.05) is 0 Å². The first-order valence-corrected chi connectivity index (χ1v) is 10.3. The molecule has 0 atom stereocenters. The molecule has 33 heavy (non-hydrogen) atoms. The molecule has 1 aromatic carbocycles. The van der Waals surface area contributed by atoms with Crippen LogP contribution >= 0.6 is 23.2 Å². The number of imidazole rings is 1. The van der Waals surface area contributed by atoms with Crippen LogP contribution in [0.4, 0.5) is 17.3 Å². The number of benzene rings is 1. The first-order valence-electron chi connectivity index (χ1n) is 9.52. The zero-order valence-corrected chi connectivity index (χ0v) is 18.3. The van der Waals surface area contributed by atoms with Gasteiger partial charge in [-0.05, 0) is 24.3 Å². The molecule has 0 unspecified atom stereocenters. The molecular formula is C20H16Cl2N8O3. The van der Waals surface area contributed by atoms with Crippen LogP contribution in [0.3, 0.4) is 0 Å². The molecule has 0 bridgehead atoms. The minimum Gasteiger partial charge on any atom is -0.462 e. The number of nitro groups is 1. The highest BCUT2D eigenvalue weighted by atomic mass is 35.5.